The van der Waals surface area contributed by atoms with Crippen LogP contribution in [0.25, 0.3) is 11.0 Å². The van der Waals surface area contributed by atoms with Gasteiger partial charge in [0.1, 0.15) is 5.65 Å². The Morgan fingerprint density at radius 1 is 1.35 bits per heavy atom. The van der Waals surface area contributed by atoms with Gasteiger partial charge in [0.25, 0.3) is 0 Å². The second-order valence-electron chi connectivity index (χ2n) is 3.90. The van der Waals surface area contributed by atoms with E-state index in [2.05, 4.69) is 38.9 Å². The van der Waals surface area contributed by atoms with Gasteiger partial charge in [-0.25, -0.2) is 4.98 Å². The van der Waals surface area contributed by atoms with E-state index in [1.165, 1.54) is 4.88 Å². The lowest BCUT2D eigenvalue weighted by Gasteiger charge is -2.04. The van der Waals surface area contributed by atoms with Gasteiger partial charge >= 0.3 is 0 Å². The molecule has 0 spiro atoms. The number of aromatic amines is 1. The third kappa shape index (κ3) is 2.31. The standard InChI is InChI=1S/C13H13N3S/c1-2-12(17-7-1)4-6-14-11-8-10-3-5-15-13(10)16-9-11/h1-3,5,7-9,14H,4,6H2,(H,15,16). The van der Waals surface area contributed by atoms with E-state index in [1.54, 1.807) is 11.3 Å². The zero-order valence-electron chi connectivity index (χ0n) is 9.31. The van der Waals surface area contributed by atoms with E-state index in [9.17, 15) is 0 Å². The summed E-state index contributed by atoms with van der Waals surface area (Å²) in [5.74, 6) is 0. The van der Waals surface area contributed by atoms with Gasteiger partial charge in [-0.2, -0.15) is 0 Å². The molecule has 0 aliphatic carbocycles. The average molecular weight is 243 g/mol. The quantitative estimate of drug-likeness (QED) is 0.738. The fourth-order valence-corrected chi connectivity index (χ4v) is 2.53. The highest BCUT2D eigenvalue weighted by molar-refractivity contribution is 7.09. The summed E-state index contributed by atoms with van der Waals surface area (Å²) in [4.78, 5) is 8.84. The number of H-pyrrole nitrogens is 1. The maximum atomic E-state index is 4.34. The molecule has 3 heterocycles. The summed E-state index contributed by atoms with van der Waals surface area (Å²) in [5, 5.41) is 6.65. The van der Waals surface area contributed by atoms with Crippen LogP contribution in [0.15, 0.2) is 42.0 Å². The maximum Gasteiger partial charge on any atom is 0.137 e. The smallest absolute Gasteiger partial charge is 0.137 e. The number of thiophene rings is 1. The molecule has 0 aromatic carbocycles. The number of rotatable bonds is 4. The number of hydrogen-bond acceptors (Lipinski definition) is 3. The monoisotopic (exact) mass is 243 g/mol. The molecule has 0 amide bonds. The summed E-state index contributed by atoms with van der Waals surface area (Å²) >= 11 is 1.80. The lowest BCUT2D eigenvalue weighted by molar-refractivity contribution is 1.04. The van der Waals surface area contributed by atoms with Crippen molar-refractivity contribution in [3.63, 3.8) is 0 Å². The first-order valence-electron chi connectivity index (χ1n) is 5.61. The molecular formula is C13H13N3S. The molecule has 0 saturated heterocycles. The molecule has 86 valence electrons. The Bertz CT molecular complexity index is 598. The molecular weight excluding hydrogens is 230 g/mol. The van der Waals surface area contributed by atoms with Crippen molar-refractivity contribution in [2.75, 3.05) is 11.9 Å². The van der Waals surface area contributed by atoms with Gasteiger partial charge in [0.15, 0.2) is 0 Å². The highest BCUT2D eigenvalue weighted by Crippen LogP contribution is 2.15. The Labute approximate surface area is 104 Å². The van der Waals surface area contributed by atoms with Gasteiger partial charge in [-0.15, -0.1) is 11.3 Å². The molecule has 0 atom stereocenters. The number of pyridine rings is 1. The van der Waals surface area contributed by atoms with Crippen LogP contribution in [-0.2, 0) is 6.42 Å². The molecule has 4 heteroatoms. The van der Waals surface area contributed by atoms with Crippen molar-refractivity contribution in [3.8, 4) is 0 Å². The van der Waals surface area contributed by atoms with Crippen LogP contribution in [0.2, 0.25) is 0 Å². The van der Waals surface area contributed by atoms with Crippen molar-refractivity contribution in [1.29, 1.82) is 0 Å². The van der Waals surface area contributed by atoms with Crippen molar-refractivity contribution in [2.24, 2.45) is 0 Å². The predicted molar refractivity (Wildman–Crippen MR) is 72.6 cm³/mol. The first kappa shape index (κ1) is 10.4. The molecule has 0 saturated carbocycles. The topological polar surface area (TPSA) is 40.7 Å². The van der Waals surface area contributed by atoms with Gasteiger partial charge in [-0.3, -0.25) is 0 Å². The van der Waals surface area contributed by atoms with E-state index < -0.39 is 0 Å². The molecule has 3 aromatic rings. The fourth-order valence-electron chi connectivity index (χ4n) is 1.82. The van der Waals surface area contributed by atoms with E-state index in [0.717, 1.165) is 29.7 Å². The van der Waals surface area contributed by atoms with Crippen LogP contribution >= 0.6 is 11.3 Å². The van der Waals surface area contributed by atoms with Crippen LogP contribution < -0.4 is 5.32 Å². The number of fused-ring (bicyclic) bond motifs is 1. The molecule has 0 aliphatic heterocycles. The summed E-state index contributed by atoms with van der Waals surface area (Å²) < 4.78 is 0. The summed E-state index contributed by atoms with van der Waals surface area (Å²) in [6.07, 6.45) is 4.84. The number of nitrogens with one attached hydrogen (secondary N) is 2. The van der Waals surface area contributed by atoms with Crippen LogP contribution in [0.5, 0.6) is 0 Å². The zero-order valence-corrected chi connectivity index (χ0v) is 10.1. The first-order valence-corrected chi connectivity index (χ1v) is 6.49. The Morgan fingerprint density at radius 3 is 3.24 bits per heavy atom. The maximum absolute atomic E-state index is 4.34. The summed E-state index contributed by atoms with van der Waals surface area (Å²) in [6, 6.07) is 8.41. The largest absolute Gasteiger partial charge is 0.383 e. The van der Waals surface area contributed by atoms with Gasteiger partial charge in [0, 0.05) is 23.0 Å². The minimum Gasteiger partial charge on any atom is -0.383 e. The lowest BCUT2D eigenvalue weighted by atomic mass is 10.3. The van der Waals surface area contributed by atoms with Gasteiger partial charge in [0.2, 0.25) is 0 Å². The van der Waals surface area contributed by atoms with Gasteiger partial charge in [0.05, 0.1) is 11.9 Å². The lowest BCUT2D eigenvalue weighted by Crippen LogP contribution is -2.03. The van der Waals surface area contributed by atoms with Crippen LogP contribution in [0, 0.1) is 0 Å². The number of anilines is 1. The van der Waals surface area contributed by atoms with Crippen molar-refractivity contribution in [1.82, 2.24) is 9.97 Å². The summed E-state index contributed by atoms with van der Waals surface area (Å²) in [7, 11) is 0. The third-order valence-electron chi connectivity index (χ3n) is 2.68. The normalized spacial score (nSPS) is 10.8. The van der Waals surface area contributed by atoms with Crippen molar-refractivity contribution in [2.45, 2.75) is 6.42 Å². The van der Waals surface area contributed by atoms with Crippen molar-refractivity contribution in [3.05, 3.63) is 46.9 Å². The molecule has 3 rings (SSSR count). The van der Waals surface area contributed by atoms with Gasteiger partial charge < -0.3 is 10.3 Å². The molecule has 3 nitrogen and oxygen atoms in total. The van der Waals surface area contributed by atoms with Crippen molar-refractivity contribution < 1.29 is 0 Å². The van der Waals surface area contributed by atoms with Crippen LogP contribution in [0.1, 0.15) is 4.88 Å². The number of nitrogens with zero attached hydrogens (tertiary/aromatic N) is 1. The number of aromatic nitrogens is 2. The summed E-state index contributed by atoms with van der Waals surface area (Å²) in [6.45, 7) is 0.943. The highest BCUT2D eigenvalue weighted by Gasteiger charge is 1.98. The molecule has 0 aliphatic rings. The Hall–Kier alpha value is -1.81. The van der Waals surface area contributed by atoms with Crippen LogP contribution in [0.3, 0.4) is 0 Å². The number of hydrogen-bond donors (Lipinski definition) is 2. The molecule has 0 radical (unpaired) electrons. The Morgan fingerprint density at radius 2 is 2.35 bits per heavy atom. The predicted octanol–water partition coefficient (Wildman–Crippen LogP) is 3.28. The van der Waals surface area contributed by atoms with E-state index in [4.69, 9.17) is 0 Å². The minimum absolute atomic E-state index is 0.939. The SMILES string of the molecule is c1csc(CCNc2cnc3[nH]ccc3c2)c1. The van der Waals surface area contributed by atoms with Crippen molar-refractivity contribution >= 4 is 28.1 Å². The molecule has 0 fully saturated rings. The first-order chi connectivity index (χ1) is 8.42. The third-order valence-corrected chi connectivity index (χ3v) is 3.62. The van der Waals surface area contributed by atoms with E-state index in [1.807, 2.05) is 18.5 Å². The zero-order chi connectivity index (χ0) is 11.5. The van der Waals surface area contributed by atoms with Gasteiger partial charge in [-0.05, 0) is 30.0 Å². The van der Waals surface area contributed by atoms with Crippen LogP contribution in [0.4, 0.5) is 5.69 Å². The second-order valence-corrected chi connectivity index (χ2v) is 4.93. The molecule has 3 aromatic heterocycles. The fraction of sp³-hybridized carbons (Fsp3) is 0.154. The molecule has 0 unspecified atom stereocenters. The van der Waals surface area contributed by atoms with Crippen LogP contribution in [-0.4, -0.2) is 16.5 Å². The Balaban J connectivity index is 1.64. The van der Waals surface area contributed by atoms with Gasteiger partial charge in [-0.1, -0.05) is 6.07 Å². The van der Waals surface area contributed by atoms with E-state index in [0.29, 0.717) is 0 Å². The molecule has 0 bridgehead atoms. The molecule has 2 N–H and O–H groups in total. The molecule has 17 heavy (non-hydrogen) atoms. The summed E-state index contributed by atoms with van der Waals surface area (Å²) in [5.41, 5.74) is 2.02. The highest BCUT2D eigenvalue weighted by atomic mass is 32.1. The minimum atomic E-state index is 0.939. The Kier molecular flexibility index (Phi) is 2.80. The van der Waals surface area contributed by atoms with E-state index in [-0.39, 0.29) is 0 Å². The average Bonchev–Trinajstić information content (AvgIpc) is 2.98. The second kappa shape index (κ2) is 4.59. The van der Waals surface area contributed by atoms with E-state index >= 15 is 0 Å².